The number of piperidine rings is 1. The van der Waals surface area contributed by atoms with Crippen molar-refractivity contribution in [1.29, 1.82) is 0 Å². The van der Waals surface area contributed by atoms with Crippen LogP contribution in [0.25, 0.3) is 0 Å². The van der Waals surface area contributed by atoms with E-state index in [-0.39, 0.29) is 0 Å². The number of rotatable bonds is 3. The Morgan fingerprint density at radius 3 is 3.25 bits per heavy atom. The van der Waals surface area contributed by atoms with Crippen LogP contribution < -0.4 is 10.6 Å². The number of methoxy groups -OCH3 is 1. The topological polar surface area (TPSA) is 51.4 Å². The first-order chi connectivity index (χ1) is 7.83. The summed E-state index contributed by atoms with van der Waals surface area (Å²) in [5, 5.41) is 0. The predicted octanol–water partition coefficient (Wildman–Crippen LogP) is 1.16. The van der Waals surface area contributed by atoms with Crippen LogP contribution in [0, 0.1) is 0 Å². The number of anilines is 1. The number of hydrogen-bond donors (Lipinski definition) is 1. The van der Waals surface area contributed by atoms with Crippen LogP contribution in [-0.4, -0.2) is 31.3 Å². The van der Waals surface area contributed by atoms with Crippen molar-refractivity contribution < 1.29 is 4.74 Å². The molecule has 0 radical (unpaired) electrons. The molecule has 1 aromatic rings. The van der Waals surface area contributed by atoms with Crippen LogP contribution in [0.3, 0.4) is 0 Å². The molecular formula is C12H19N3O. The Hall–Kier alpha value is -1.13. The Labute approximate surface area is 96.4 Å². The van der Waals surface area contributed by atoms with Crippen LogP contribution in [0.1, 0.15) is 18.5 Å². The molecule has 1 aromatic heterocycles. The molecule has 0 spiro atoms. The highest BCUT2D eigenvalue weighted by Gasteiger charge is 2.19. The number of pyridine rings is 1. The normalized spacial score (nSPS) is 21.1. The molecule has 2 rings (SSSR count). The number of nitrogens with zero attached hydrogens (tertiary/aromatic N) is 2. The highest BCUT2D eigenvalue weighted by Crippen LogP contribution is 2.21. The zero-order valence-corrected chi connectivity index (χ0v) is 9.72. The van der Waals surface area contributed by atoms with Gasteiger partial charge in [0.25, 0.3) is 0 Å². The van der Waals surface area contributed by atoms with Crippen LogP contribution in [0.15, 0.2) is 18.3 Å². The molecule has 0 bridgehead atoms. The summed E-state index contributed by atoms with van der Waals surface area (Å²) in [6, 6.07) is 4.11. The molecule has 1 unspecified atom stereocenters. The number of nitrogens with two attached hydrogens (primary N) is 1. The quantitative estimate of drug-likeness (QED) is 0.832. The summed E-state index contributed by atoms with van der Waals surface area (Å²) in [5.41, 5.74) is 7.74. The minimum atomic E-state index is 0.350. The second-order valence-electron chi connectivity index (χ2n) is 4.16. The molecule has 0 aliphatic carbocycles. The van der Waals surface area contributed by atoms with Gasteiger partial charge in [-0.05, 0) is 25.0 Å². The van der Waals surface area contributed by atoms with Gasteiger partial charge in [0.15, 0.2) is 0 Å². The summed E-state index contributed by atoms with van der Waals surface area (Å²) in [6.45, 7) is 2.55. The Morgan fingerprint density at radius 1 is 1.62 bits per heavy atom. The fraction of sp³-hybridized carbons (Fsp3) is 0.583. The lowest BCUT2D eigenvalue weighted by Crippen LogP contribution is -2.39. The summed E-state index contributed by atoms with van der Waals surface area (Å²) in [4.78, 5) is 6.55. The molecule has 1 aliphatic rings. The number of hydrogen-bond acceptors (Lipinski definition) is 4. The molecule has 0 saturated carbocycles. The number of aromatic nitrogens is 1. The van der Waals surface area contributed by atoms with E-state index in [9.17, 15) is 0 Å². The predicted molar refractivity (Wildman–Crippen MR) is 64.4 cm³/mol. The van der Waals surface area contributed by atoms with Crippen molar-refractivity contribution >= 4 is 5.69 Å². The van der Waals surface area contributed by atoms with E-state index in [2.05, 4.69) is 16.0 Å². The van der Waals surface area contributed by atoms with Gasteiger partial charge < -0.3 is 15.4 Å². The minimum absolute atomic E-state index is 0.350. The van der Waals surface area contributed by atoms with Gasteiger partial charge in [0, 0.05) is 38.6 Å². The van der Waals surface area contributed by atoms with E-state index in [1.54, 1.807) is 7.11 Å². The monoisotopic (exact) mass is 221 g/mol. The van der Waals surface area contributed by atoms with Crippen molar-refractivity contribution in [2.75, 3.05) is 25.1 Å². The van der Waals surface area contributed by atoms with E-state index in [0.717, 1.165) is 25.2 Å². The maximum atomic E-state index is 5.60. The third-order valence-electron chi connectivity index (χ3n) is 3.09. The summed E-state index contributed by atoms with van der Waals surface area (Å²) in [7, 11) is 1.78. The molecule has 88 valence electrons. The second-order valence-corrected chi connectivity index (χ2v) is 4.16. The average Bonchev–Trinajstić information content (AvgIpc) is 2.39. The van der Waals surface area contributed by atoms with Gasteiger partial charge in [-0.25, -0.2) is 0 Å². The first kappa shape index (κ1) is 11.4. The number of ether oxygens (including phenoxy) is 1. The van der Waals surface area contributed by atoms with E-state index in [4.69, 9.17) is 10.5 Å². The molecule has 4 nitrogen and oxygen atoms in total. The largest absolute Gasteiger partial charge is 0.380 e. The fourth-order valence-electron chi connectivity index (χ4n) is 2.14. The van der Waals surface area contributed by atoms with Gasteiger partial charge in [-0.2, -0.15) is 0 Å². The first-order valence-electron chi connectivity index (χ1n) is 5.76. The Kier molecular flexibility index (Phi) is 3.74. The van der Waals surface area contributed by atoms with Crippen LogP contribution >= 0.6 is 0 Å². The van der Waals surface area contributed by atoms with Gasteiger partial charge in [-0.1, -0.05) is 0 Å². The molecule has 0 aromatic carbocycles. The fourth-order valence-corrected chi connectivity index (χ4v) is 2.14. The van der Waals surface area contributed by atoms with Gasteiger partial charge >= 0.3 is 0 Å². The standard InChI is InChI=1S/C12H19N3O/c1-16-12-3-2-6-15(9-12)11-4-5-14-10(7-11)8-13/h4-5,7,12H,2-3,6,8-9,13H2,1H3. The average molecular weight is 221 g/mol. The van der Waals surface area contributed by atoms with E-state index in [1.807, 2.05) is 12.3 Å². The smallest absolute Gasteiger partial charge is 0.0746 e. The molecule has 16 heavy (non-hydrogen) atoms. The Morgan fingerprint density at radius 2 is 2.50 bits per heavy atom. The summed E-state index contributed by atoms with van der Waals surface area (Å²) in [6.07, 6.45) is 4.51. The van der Waals surface area contributed by atoms with Gasteiger partial charge in [0.1, 0.15) is 0 Å². The van der Waals surface area contributed by atoms with E-state index < -0.39 is 0 Å². The van der Waals surface area contributed by atoms with E-state index in [1.165, 1.54) is 12.1 Å². The second kappa shape index (κ2) is 5.27. The molecular weight excluding hydrogens is 202 g/mol. The lowest BCUT2D eigenvalue weighted by atomic mass is 10.1. The molecule has 2 heterocycles. The van der Waals surface area contributed by atoms with Crippen molar-refractivity contribution in [3.63, 3.8) is 0 Å². The Bertz CT molecular complexity index is 343. The first-order valence-corrected chi connectivity index (χ1v) is 5.76. The lowest BCUT2D eigenvalue weighted by Gasteiger charge is -2.33. The van der Waals surface area contributed by atoms with Crippen LogP contribution in [0.5, 0.6) is 0 Å². The highest BCUT2D eigenvalue weighted by atomic mass is 16.5. The summed E-state index contributed by atoms with van der Waals surface area (Å²) >= 11 is 0. The maximum Gasteiger partial charge on any atom is 0.0746 e. The van der Waals surface area contributed by atoms with Crippen LogP contribution in [0.4, 0.5) is 5.69 Å². The van der Waals surface area contributed by atoms with Gasteiger partial charge in [0.2, 0.25) is 0 Å². The minimum Gasteiger partial charge on any atom is -0.380 e. The van der Waals surface area contributed by atoms with Crippen molar-refractivity contribution in [2.45, 2.75) is 25.5 Å². The lowest BCUT2D eigenvalue weighted by molar-refractivity contribution is 0.0893. The Balaban J connectivity index is 2.10. The van der Waals surface area contributed by atoms with Gasteiger partial charge in [0.05, 0.1) is 11.8 Å². The molecule has 1 saturated heterocycles. The van der Waals surface area contributed by atoms with Crippen LogP contribution in [-0.2, 0) is 11.3 Å². The third-order valence-corrected chi connectivity index (χ3v) is 3.09. The summed E-state index contributed by atoms with van der Waals surface area (Å²) < 4.78 is 5.42. The molecule has 1 atom stereocenters. The molecule has 2 N–H and O–H groups in total. The van der Waals surface area contributed by atoms with E-state index in [0.29, 0.717) is 12.6 Å². The maximum absolute atomic E-state index is 5.60. The molecule has 0 amide bonds. The molecule has 1 fully saturated rings. The summed E-state index contributed by atoms with van der Waals surface area (Å²) in [5.74, 6) is 0. The zero-order valence-electron chi connectivity index (χ0n) is 9.72. The van der Waals surface area contributed by atoms with Crippen molar-refractivity contribution in [1.82, 2.24) is 4.98 Å². The van der Waals surface area contributed by atoms with Gasteiger partial charge in [-0.3, -0.25) is 4.98 Å². The van der Waals surface area contributed by atoms with E-state index >= 15 is 0 Å². The van der Waals surface area contributed by atoms with Crippen molar-refractivity contribution in [2.24, 2.45) is 5.73 Å². The SMILES string of the molecule is COC1CCCN(c2ccnc(CN)c2)C1. The molecule has 4 heteroatoms. The highest BCUT2D eigenvalue weighted by molar-refractivity contribution is 5.47. The van der Waals surface area contributed by atoms with Crippen molar-refractivity contribution in [3.8, 4) is 0 Å². The van der Waals surface area contributed by atoms with Crippen molar-refractivity contribution in [3.05, 3.63) is 24.0 Å². The van der Waals surface area contributed by atoms with Crippen LogP contribution in [0.2, 0.25) is 0 Å². The third kappa shape index (κ3) is 2.51. The zero-order chi connectivity index (χ0) is 11.4. The molecule has 1 aliphatic heterocycles. The van der Waals surface area contributed by atoms with Gasteiger partial charge in [-0.15, -0.1) is 0 Å².